The molecule has 0 radical (unpaired) electrons. The van der Waals surface area contributed by atoms with E-state index in [2.05, 4.69) is 4.98 Å². The summed E-state index contributed by atoms with van der Waals surface area (Å²) in [5.41, 5.74) is 0.439. The van der Waals surface area contributed by atoms with Gasteiger partial charge >= 0.3 is 0 Å². The molecule has 0 amide bonds. The predicted molar refractivity (Wildman–Crippen MR) is 79.0 cm³/mol. The molecule has 0 aliphatic rings. The normalized spacial score (nSPS) is 11.3. The summed E-state index contributed by atoms with van der Waals surface area (Å²) in [4.78, 5) is 17.4. The molecule has 7 heteroatoms. The van der Waals surface area contributed by atoms with Crippen molar-refractivity contribution in [3.8, 4) is 17.6 Å². The second kappa shape index (κ2) is 4.46. The first-order chi connectivity index (χ1) is 9.93. The highest BCUT2D eigenvalue weighted by atomic mass is 32.1. The number of phenolic OH excluding ortho intramolecular Hbond substituents is 2. The van der Waals surface area contributed by atoms with Crippen molar-refractivity contribution in [2.24, 2.45) is 0 Å². The minimum atomic E-state index is -0.456. The van der Waals surface area contributed by atoms with Gasteiger partial charge in [-0.3, -0.25) is 4.79 Å². The van der Waals surface area contributed by atoms with E-state index in [-0.39, 0.29) is 23.0 Å². The van der Waals surface area contributed by atoms with Crippen LogP contribution in [0.3, 0.4) is 0 Å². The van der Waals surface area contributed by atoms with Gasteiger partial charge in [-0.15, -0.1) is 0 Å². The predicted octanol–water partition coefficient (Wildman–Crippen LogP) is 2.32. The van der Waals surface area contributed by atoms with Gasteiger partial charge in [-0.1, -0.05) is 25.2 Å². The Kier molecular flexibility index (Phi) is 2.85. The number of aromatic nitrogens is 2. The molecule has 0 bridgehead atoms. The monoisotopic (exact) mass is 301 g/mol. The second-order valence-corrected chi connectivity index (χ2v) is 5.98. The van der Waals surface area contributed by atoms with E-state index in [0.717, 1.165) is 0 Å². The van der Waals surface area contributed by atoms with Gasteiger partial charge in [0.15, 0.2) is 16.5 Å². The molecule has 0 aliphatic carbocycles. The molecular weight excluding hydrogens is 290 g/mol. The fourth-order valence-electron chi connectivity index (χ4n) is 2.22. The van der Waals surface area contributed by atoms with Crippen molar-refractivity contribution in [3.05, 3.63) is 33.7 Å². The van der Waals surface area contributed by atoms with E-state index in [1.165, 1.54) is 27.9 Å². The van der Waals surface area contributed by atoms with Crippen molar-refractivity contribution in [3.63, 3.8) is 0 Å². The van der Waals surface area contributed by atoms with Crippen LogP contribution in [-0.2, 0) is 0 Å². The van der Waals surface area contributed by atoms with Gasteiger partial charge in [0.1, 0.15) is 11.6 Å². The number of fused-ring (bicyclic) bond motifs is 3. The van der Waals surface area contributed by atoms with E-state index in [4.69, 9.17) is 0 Å². The summed E-state index contributed by atoms with van der Waals surface area (Å²) in [6, 6.07) is 4.59. The third kappa shape index (κ3) is 1.84. The highest BCUT2D eigenvalue weighted by Crippen LogP contribution is 2.34. The van der Waals surface area contributed by atoms with Crippen LogP contribution < -0.4 is 5.56 Å². The lowest BCUT2D eigenvalue weighted by Gasteiger charge is -2.06. The number of hydrogen-bond acceptors (Lipinski definition) is 6. The molecule has 0 saturated heterocycles. The number of phenols is 2. The van der Waals surface area contributed by atoms with Crippen LogP contribution in [-0.4, -0.2) is 19.6 Å². The summed E-state index contributed by atoms with van der Waals surface area (Å²) in [5, 5.41) is 28.4. The molecule has 0 aliphatic heterocycles. The van der Waals surface area contributed by atoms with Gasteiger partial charge in [0, 0.05) is 12.1 Å². The average Bonchev–Trinajstić information content (AvgIpc) is 2.76. The molecule has 2 aromatic heterocycles. The Morgan fingerprint density at radius 2 is 2.00 bits per heavy atom. The zero-order chi connectivity index (χ0) is 15.3. The third-order valence-corrected chi connectivity index (χ3v) is 4.24. The molecule has 2 N–H and O–H groups in total. The van der Waals surface area contributed by atoms with Gasteiger partial charge in [0.05, 0.1) is 15.9 Å². The van der Waals surface area contributed by atoms with Crippen molar-refractivity contribution in [1.82, 2.24) is 9.38 Å². The van der Waals surface area contributed by atoms with Gasteiger partial charge in [0.25, 0.3) is 5.56 Å². The van der Waals surface area contributed by atoms with E-state index in [9.17, 15) is 20.3 Å². The molecule has 0 fully saturated rings. The molecule has 106 valence electrons. The van der Waals surface area contributed by atoms with Gasteiger partial charge in [-0.05, 0) is 5.92 Å². The first kappa shape index (κ1) is 13.4. The number of nitrogens with zero attached hydrogens (tertiary/aromatic N) is 3. The third-order valence-electron chi connectivity index (χ3n) is 3.24. The smallest absolute Gasteiger partial charge is 0.277 e. The zero-order valence-electron chi connectivity index (χ0n) is 11.3. The summed E-state index contributed by atoms with van der Waals surface area (Å²) >= 11 is 1.22. The van der Waals surface area contributed by atoms with Gasteiger partial charge in [0.2, 0.25) is 0 Å². The average molecular weight is 301 g/mol. The molecule has 3 rings (SSSR count). The van der Waals surface area contributed by atoms with Crippen LogP contribution in [0, 0.1) is 11.3 Å². The molecule has 0 unspecified atom stereocenters. The van der Waals surface area contributed by atoms with Crippen LogP contribution >= 0.6 is 11.3 Å². The van der Waals surface area contributed by atoms with E-state index >= 15 is 0 Å². The quantitative estimate of drug-likeness (QED) is 0.672. The second-order valence-electron chi connectivity index (χ2n) is 4.97. The number of rotatable bonds is 1. The number of nitriles is 1. The molecule has 2 heterocycles. The summed E-state index contributed by atoms with van der Waals surface area (Å²) in [6.07, 6.45) is 0. The zero-order valence-corrected chi connectivity index (χ0v) is 12.1. The molecule has 6 nitrogen and oxygen atoms in total. The standard InChI is InChI=1S/C14H11N3O3S/c1-6(2)12-7(5-15)13(20)17-8-3-9(18)10(19)4-11(8)21-14(17)16-12/h3-4,6,18-19H,1-2H3. The fraction of sp³-hybridized carbons (Fsp3) is 0.214. The highest BCUT2D eigenvalue weighted by Gasteiger charge is 2.19. The van der Waals surface area contributed by atoms with Crippen LogP contribution in [0.5, 0.6) is 11.5 Å². The van der Waals surface area contributed by atoms with Gasteiger partial charge in [-0.25, -0.2) is 9.38 Å². The van der Waals surface area contributed by atoms with Crippen molar-refractivity contribution in [2.45, 2.75) is 19.8 Å². The fourth-order valence-corrected chi connectivity index (χ4v) is 3.26. The van der Waals surface area contributed by atoms with Crippen LogP contribution in [0.2, 0.25) is 0 Å². The van der Waals surface area contributed by atoms with E-state index in [0.29, 0.717) is 20.9 Å². The Balaban J connectivity index is 2.56. The summed E-state index contributed by atoms with van der Waals surface area (Å²) < 4.78 is 1.91. The first-order valence-electron chi connectivity index (χ1n) is 6.25. The SMILES string of the molecule is CC(C)c1nc2sc3cc(O)c(O)cc3n2c(=O)c1C#N. The maximum atomic E-state index is 12.5. The number of aromatic hydroxyl groups is 2. The molecule has 0 saturated carbocycles. The van der Waals surface area contributed by atoms with Crippen LogP contribution in [0.4, 0.5) is 0 Å². The number of hydrogen-bond donors (Lipinski definition) is 2. The molecule has 0 spiro atoms. The Labute approximate surface area is 123 Å². The summed E-state index contributed by atoms with van der Waals surface area (Å²) in [6.45, 7) is 3.73. The molecule has 1 aromatic carbocycles. The Morgan fingerprint density at radius 3 is 2.62 bits per heavy atom. The lowest BCUT2D eigenvalue weighted by Crippen LogP contribution is -2.20. The van der Waals surface area contributed by atoms with Gasteiger partial charge in [-0.2, -0.15) is 5.26 Å². The van der Waals surface area contributed by atoms with Crippen LogP contribution in [0.1, 0.15) is 31.0 Å². The Hall–Kier alpha value is -2.59. The highest BCUT2D eigenvalue weighted by molar-refractivity contribution is 7.23. The molecule has 3 aromatic rings. The molecule has 0 atom stereocenters. The minimum absolute atomic E-state index is 0.00904. The largest absolute Gasteiger partial charge is 0.504 e. The van der Waals surface area contributed by atoms with E-state index < -0.39 is 5.56 Å². The number of thiazole rings is 1. The molecular formula is C14H11N3O3S. The van der Waals surface area contributed by atoms with E-state index in [1.807, 2.05) is 19.9 Å². The Bertz CT molecular complexity index is 979. The van der Waals surface area contributed by atoms with E-state index in [1.54, 1.807) is 0 Å². The van der Waals surface area contributed by atoms with Crippen molar-refractivity contribution >= 4 is 26.5 Å². The van der Waals surface area contributed by atoms with Crippen molar-refractivity contribution in [2.75, 3.05) is 0 Å². The summed E-state index contributed by atoms with van der Waals surface area (Å²) in [7, 11) is 0. The maximum absolute atomic E-state index is 12.5. The van der Waals surface area contributed by atoms with Crippen molar-refractivity contribution < 1.29 is 10.2 Å². The topological polar surface area (TPSA) is 98.6 Å². The first-order valence-corrected chi connectivity index (χ1v) is 7.07. The van der Waals surface area contributed by atoms with Crippen molar-refractivity contribution in [1.29, 1.82) is 5.26 Å². The lowest BCUT2D eigenvalue weighted by molar-refractivity contribution is 0.405. The molecule has 21 heavy (non-hydrogen) atoms. The minimum Gasteiger partial charge on any atom is -0.504 e. The van der Waals surface area contributed by atoms with Crippen LogP contribution in [0.25, 0.3) is 15.2 Å². The van der Waals surface area contributed by atoms with Gasteiger partial charge < -0.3 is 10.2 Å². The Morgan fingerprint density at radius 1 is 1.33 bits per heavy atom. The van der Waals surface area contributed by atoms with Crippen LogP contribution in [0.15, 0.2) is 16.9 Å². The number of benzene rings is 1. The summed E-state index contributed by atoms with van der Waals surface area (Å²) in [5.74, 6) is -0.628. The lowest BCUT2D eigenvalue weighted by atomic mass is 10.1. The maximum Gasteiger partial charge on any atom is 0.277 e.